The third-order valence-corrected chi connectivity index (χ3v) is 3.92. The van der Waals surface area contributed by atoms with Crippen LogP contribution in [0.1, 0.15) is 15.9 Å². The van der Waals surface area contributed by atoms with Crippen LogP contribution in [0.5, 0.6) is 0 Å². The van der Waals surface area contributed by atoms with Crippen molar-refractivity contribution in [2.45, 2.75) is 11.8 Å². The molecule has 6 heteroatoms. The molecule has 0 amide bonds. The Labute approximate surface area is 92.6 Å². The van der Waals surface area contributed by atoms with E-state index in [1.54, 1.807) is 0 Å². The third kappa shape index (κ3) is 2.57. The summed E-state index contributed by atoms with van der Waals surface area (Å²) in [7, 11) is -3.74. The molecule has 1 N–H and O–H groups in total. The number of carboxylic acids is 1. The molecule has 0 unspecified atom stereocenters. The average molecular weight is 246 g/mol. The van der Waals surface area contributed by atoms with Crippen molar-refractivity contribution in [2.24, 2.45) is 0 Å². The highest BCUT2D eigenvalue weighted by Crippen LogP contribution is 2.18. The maximum Gasteiger partial charge on any atom is 0.335 e. The predicted molar refractivity (Wildman–Crippen MR) is 56.2 cm³/mol. The SMILES string of the molecule is Cc1ccc(C(=O)O)cc1S(=O)(=O)CCF. The summed E-state index contributed by atoms with van der Waals surface area (Å²) in [6.45, 7) is 0.551. The summed E-state index contributed by atoms with van der Waals surface area (Å²) in [6.07, 6.45) is 0. The Morgan fingerprint density at radius 2 is 2.06 bits per heavy atom. The first-order chi connectivity index (χ1) is 7.38. The quantitative estimate of drug-likeness (QED) is 0.872. The topological polar surface area (TPSA) is 71.4 Å². The largest absolute Gasteiger partial charge is 0.478 e. The highest BCUT2D eigenvalue weighted by Gasteiger charge is 2.18. The highest BCUT2D eigenvalue weighted by atomic mass is 32.2. The van der Waals surface area contributed by atoms with Crippen LogP contribution in [-0.4, -0.2) is 31.9 Å². The first kappa shape index (κ1) is 12.6. The fourth-order valence-electron chi connectivity index (χ4n) is 1.28. The van der Waals surface area contributed by atoms with Gasteiger partial charge in [-0.05, 0) is 24.6 Å². The first-order valence-corrected chi connectivity index (χ1v) is 6.16. The van der Waals surface area contributed by atoms with Crippen LogP contribution in [0.4, 0.5) is 4.39 Å². The molecule has 0 spiro atoms. The van der Waals surface area contributed by atoms with Crippen LogP contribution < -0.4 is 0 Å². The van der Waals surface area contributed by atoms with Gasteiger partial charge in [0.25, 0.3) is 0 Å². The summed E-state index contributed by atoms with van der Waals surface area (Å²) in [6, 6.07) is 3.77. The molecular weight excluding hydrogens is 235 g/mol. The van der Waals surface area contributed by atoms with Gasteiger partial charge in [-0.15, -0.1) is 0 Å². The lowest BCUT2D eigenvalue weighted by molar-refractivity contribution is 0.0696. The van der Waals surface area contributed by atoms with Crippen LogP contribution in [0.3, 0.4) is 0 Å². The number of rotatable bonds is 4. The van der Waals surface area contributed by atoms with E-state index < -0.39 is 28.2 Å². The first-order valence-electron chi connectivity index (χ1n) is 4.51. The smallest absolute Gasteiger partial charge is 0.335 e. The molecule has 0 radical (unpaired) electrons. The van der Waals surface area contributed by atoms with Crippen LogP contribution in [0.25, 0.3) is 0 Å². The number of carbonyl (C=O) groups is 1. The molecular formula is C10H11FO4S. The minimum absolute atomic E-state index is 0.120. The van der Waals surface area contributed by atoms with Crippen molar-refractivity contribution in [1.82, 2.24) is 0 Å². The van der Waals surface area contributed by atoms with Gasteiger partial charge in [-0.3, -0.25) is 0 Å². The molecule has 0 atom stereocenters. The number of aryl methyl sites for hydroxylation is 1. The second-order valence-corrected chi connectivity index (χ2v) is 5.37. The van der Waals surface area contributed by atoms with E-state index in [0.29, 0.717) is 5.56 Å². The van der Waals surface area contributed by atoms with E-state index in [0.717, 1.165) is 6.07 Å². The van der Waals surface area contributed by atoms with Crippen molar-refractivity contribution >= 4 is 15.8 Å². The minimum atomic E-state index is -3.74. The number of alkyl halides is 1. The van der Waals surface area contributed by atoms with Gasteiger partial charge >= 0.3 is 5.97 Å². The van der Waals surface area contributed by atoms with Gasteiger partial charge in [-0.2, -0.15) is 0 Å². The molecule has 0 aliphatic carbocycles. The summed E-state index contributed by atoms with van der Waals surface area (Å²) >= 11 is 0. The molecule has 16 heavy (non-hydrogen) atoms. The summed E-state index contributed by atoms with van der Waals surface area (Å²) in [4.78, 5) is 10.6. The molecule has 0 saturated carbocycles. The van der Waals surface area contributed by atoms with Crippen molar-refractivity contribution in [3.63, 3.8) is 0 Å². The van der Waals surface area contributed by atoms with Crippen LogP contribution in [0.2, 0.25) is 0 Å². The third-order valence-electron chi connectivity index (χ3n) is 2.12. The second kappa shape index (κ2) is 4.61. The van der Waals surface area contributed by atoms with Crippen molar-refractivity contribution in [1.29, 1.82) is 0 Å². The Bertz CT molecular complexity index is 508. The fourth-order valence-corrected chi connectivity index (χ4v) is 2.57. The summed E-state index contributed by atoms with van der Waals surface area (Å²) < 4.78 is 35.3. The number of carboxylic acid groups (broad SMARTS) is 1. The van der Waals surface area contributed by atoms with Crippen molar-refractivity contribution in [3.8, 4) is 0 Å². The lowest BCUT2D eigenvalue weighted by Crippen LogP contribution is -2.11. The predicted octanol–water partition coefficient (Wildman–Crippen LogP) is 1.44. The highest BCUT2D eigenvalue weighted by molar-refractivity contribution is 7.91. The zero-order chi connectivity index (χ0) is 12.3. The van der Waals surface area contributed by atoms with Crippen molar-refractivity contribution in [3.05, 3.63) is 29.3 Å². The summed E-state index contributed by atoms with van der Waals surface area (Å²) in [5.41, 5.74) is 0.293. The number of hydrogen-bond acceptors (Lipinski definition) is 3. The lowest BCUT2D eigenvalue weighted by Gasteiger charge is -2.06. The van der Waals surface area contributed by atoms with Crippen molar-refractivity contribution < 1.29 is 22.7 Å². The molecule has 0 aliphatic rings. The van der Waals surface area contributed by atoms with E-state index in [2.05, 4.69) is 0 Å². The van der Waals surface area contributed by atoms with Crippen LogP contribution >= 0.6 is 0 Å². The Hall–Kier alpha value is -1.43. The van der Waals surface area contributed by atoms with Gasteiger partial charge < -0.3 is 5.11 Å². The van der Waals surface area contributed by atoms with Gasteiger partial charge in [0, 0.05) is 0 Å². The van der Waals surface area contributed by atoms with E-state index >= 15 is 0 Å². The monoisotopic (exact) mass is 246 g/mol. The van der Waals surface area contributed by atoms with Gasteiger partial charge in [0.2, 0.25) is 0 Å². The molecule has 0 aromatic heterocycles. The molecule has 0 fully saturated rings. The second-order valence-electron chi connectivity index (χ2n) is 3.29. The standard InChI is InChI=1S/C10H11FO4S/c1-7-2-3-8(10(12)13)6-9(7)16(14,15)5-4-11/h2-3,6H,4-5H2,1H3,(H,12,13). The van der Waals surface area contributed by atoms with E-state index in [-0.39, 0.29) is 10.5 Å². The van der Waals surface area contributed by atoms with Crippen LogP contribution in [0.15, 0.2) is 23.1 Å². The molecule has 0 heterocycles. The molecule has 1 aromatic rings. The lowest BCUT2D eigenvalue weighted by atomic mass is 10.1. The normalized spacial score (nSPS) is 11.4. The van der Waals surface area contributed by atoms with Gasteiger partial charge in [0.15, 0.2) is 9.84 Å². The van der Waals surface area contributed by atoms with E-state index in [4.69, 9.17) is 5.11 Å². The zero-order valence-electron chi connectivity index (χ0n) is 8.60. The number of hydrogen-bond donors (Lipinski definition) is 1. The Morgan fingerprint density at radius 3 is 2.56 bits per heavy atom. The molecule has 1 aromatic carbocycles. The van der Waals surface area contributed by atoms with Gasteiger partial charge in [-0.25, -0.2) is 17.6 Å². The van der Waals surface area contributed by atoms with E-state index in [1.807, 2.05) is 0 Å². The average Bonchev–Trinajstić information content (AvgIpc) is 2.17. The Kier molecular flexibility index (Phi) is 3.64. The van der Waals surface area contributed by atoms with Crippen LogP contribution in [-0.2, 0) is 9.84 Å². The molecule has 0 aliphatic heterocycles. The van der Waals surface area contributed by atoms with Gasteiger partial charge in [0.05, 0.1) is 16.2 Å². The summed E-state index contributed by atoms with van der Waals surface area (Å²) in [5.74, 6) is -1.84. The van der Waals surface area contributed by atoms with Gasteiger partial charge in [0.1, 0.15) is 6.67 Å². The Morgan fingerprint density at radius 1 is 1.44 bits per heavy atom. The maximum absolute atomic E-state index is 12.1. The van der Waals surface area contributed by atoms with Crippen LogP contribution in [0, 0.1) is 6.92 Å². The minimum Gasteiger partial charge on any atom is -0.478 e. The molecule has 88 valence electrons. The summed E-state index contributed by atoms with van der Waals surface area (Å²) in [5, 5.41) is 8.73. The fraction of sp³-hybridized carbons (Fsp3) is 0.300. The molecule has 0 saturated heterocycles. The number of benzene rings is 1. The molecule has 4 nitrogen and oxygen atoms in total. The van der Waals surface area contributed by atoms with E-state index in [9.17, 15) is 17.6 Å². The van der Waals surface area contributed by atoms with E-state index in [1.165, 1.54) is 19.1 Å². The molecule has 0 bridgehead atoms. The Balaban J connectivity index is 3.33. The maximum atomic E-state index is 12.1. The number of aromatic carboxylic acids is 1. The zero-order valence-corrected chi connectivity index (χ0v) is 9.42. The molecule has 1 rings (SSSR count). The van der Waals surface area contributed by atoms with Crippen molar-refractivity contribution in [2.75, 3.05) is 12.4 Å². The number of halogens is 1. The number of sulfone groups is 1. The van der Waals surface area contributed by atoms with Gasteiger partial charge in [-0.1, -0.05) is 6.07 Å².